The average Bonchev–Trinajstić information content (AvgIpc) is 2.93. The Morgan fingerprint density at radius 3 is 2.62 bits per heavy atom. The maximum Gasteiger partial charge on any atom is 0.0982 e. The number of likely N-dealkylation sites (tertiary alicyclic amines) is 1. The van der Waals surface area contributed by atoms with Gasteiger partial charge in [-0.25, -0.2) is 4.98 Å². The topological polar surface area (TPSA) is 28.2 Å². The Morgan fingerprint density at radius 1 is 1.33 bits per heavy atom. The highest BCUT2D eigenvalue weighted by Gasteiger charge is 2.20. The van der Waals surface area contributed by atoms with Crippen molar-refractivity contribution in [3.8, 4) is 0 Å². The second kappa shape index (κ2) is 7.70. The van der Waals surface area contributed by atoms with E-state index >= 15 is 0 Å². The number of unbranched alkanes of at least 4 members (excludes halogenated alkanes) is 1. The Hall–Kier alpha value is -0.450. The lowest BCUT2D eigenvalue weighted by Gasteiger charge is -2.32. The first-order valence-electron chi connectivity index (χ1n) is 8.39. The fraction of sp³-hybridized carbons (Fsp3) is 0.824. The van der Waals surface area contributed by atoms with Crippen molar-refractivity contribution in [2.45, 2.75) is 71.4 Å². The summed E-state index contributed by atoms with van der Waals surface area (Å²) in [6, 6.07) is 0.669. The van der Waals surface area contributed by atoms with Crippen LogP contribution in [0.5, 0.6) is 0 Å². The quantitative estimate of drug-likeness (QED) is 0.866. The maximum atomic E-state index is 4.77. The Balaban J connectivity index is 1.71. The minimum absolute atomic E-state index is 0.174. The SMILES string of the molecule is CCCCN1CCC(NCc2csc(C(C)(C)C)n2)CC1. The summed E-state index contributed by atoms with van der Waals surface area (Å²) in [5, 5.41) is 7.15. The van der Waals surface area contributed by atoms with E-state index in [-0.39, 0.29) is 5.41 Å². The molecule has 0 bridgehead atoms. The Labute approximate surface area is 134 Å². The van der Waals surface area contributed by atoms with Gasteiger partial charge in [-0.15, -0.1) is 11.3 Å². The number of aromatic nitrogens is 1. The van der Waals surface area contributed by atoms with Crippen LogP contribution in [0.15, 0.2) is 5.38 Å². The van der Waals surface area contributed by atoms with Crippen molar-refractivity contribution < 1.29 is 0 Å². The van der Waals surface area contributed by atoms with Crippen molar-refractivity contribution in [1.29, 1.82) is 0 Å². The highest BCUT2D eigenvalue weighted by atomic mass is 32.1. The fourth-order valence-corrected chi connectivity index (χ4v) is 3.63. The Kier molecular flexibility index (Phi) is 6.20. The molecule has 2 rings (SSSR count). The largest absolute Gasteiger partial charge is 0.308 e. The third-order valence-electron chi connectivity index (χ3n) is 4.18. The Bertz CT molecular complexity index is 414. The van der Waals surface area contributed by atoms with E-state index in [9.17, 15) is 0 Å². The molecule has 0 amide bonds. The van der Waals surface area contributed by atoms with Gasteiger partial charge in [-0.05, 0) is 38.9 Å². The molecule has 4 heteroatoms. The summed E-state index contributed by atoms with van der Waals surface area (Å²) in [5.74, 6) is 0. The number of piperidine rings is 1. The van der Waals surface area contributed by atoms with Crippen molar-refractivity contribution in [3.05, 3.63) is 16.1 Å². The molecule has 0 aliphatic carbocycles. The highest BCUT2D eigenvalue weighted by Crippen LogP contribution is 2.25. The van der Waals surface area contributed by atoms with Crippen LogP contribution < -0.4 is 5.32 Å². The molecule has 0 saturated carbocycles. The van der Waals surface area contributed by atoms with E-state index in [4.69, 9.17) is 4.98 Å². The predicted molar refractivity (Wildman–Crippen MR) is 92.0 cm³/mol. The lowest BCUT2D eigenvalue weighted by Crippen LogP contribution is -2.42. The van der Waals surface area contributed by atoms with Gasteiger partial charge in [-0.2, -0.15) is 0 Å². The molecule has 0 radical (unpaired) electrons. The molecule has 0 aromatic carbocycles. The maximum absolute atomic E-state index is 4.77. The van der Waals surface area contributed by atoms with Crippen molar-refractivity contribution in [2.24, 2.45) is 0 Å². The summed E-state index contributed by atoms with van der Waals surface area (Å²) in [5.41, 5.74) is 1.38. The summed E-state index contributed by atoms with van der Waals surface area (Å²) in [7, 11) is 0. The number of hydrogen-bond acceptors (Lipinski definition) is 4. The normalized spacial score (nSPS) is 18.3. The Morgan fingerprint density at radius 2 is 2.05 bits per heavy atom. The zero-order chi connectivity index (χ0) is 15.3. The van der Waals surface area contributed by atoms with Crippen LogP contribution in [0.25, 0.3) is 0 Å². The van der Waals surface area contributed by atoms with Gasteiger partial charge in [-0.1, -0.05) is 34.1 Å². The smallest absolute Gasteiger partial charge is 0.0982 e. The molecule has 0 unspecified atom stereocenters. The minimum atomic E-state index is 0.174. The zero-order valence-corrected chi connectivity index (χ0v) is 14.9. The van der Waals surface area contributed by atoms with E-state index in [0.717, 1.165) is 6.54 Å². The number of rotatable bonds is 6. The van der Waals surface area contributed by atoms with E-state index < -0.39 is 0 Å². The molecule has 1 aliphatic heterocycles. The van der Waals surface area contributed by atoms with Crippen LogP contribution in [0, 0.1) is 0 Å². The summed E-state index contributed by atoms with van der Waals surface area (Å²) >= 11 is 1.79. The van der Waals surface area contributed by atoms with E-state index in [0.29, 0.717) is 6.04 Å². The van der Waals surface area contributed by atoms with Gasteiger partial charge < -0.3 is 10.2 Å². The van der Waals surface area contributed by atoms with Crippen LogP contribution in [0.4, 0.5) is 0 Å². The van der Waals surface area contributed by atoms with Crippen LogP contribution in [0.3, 0.4) is 0 Å². The van der Waals surface area contributed by atoms with Crippen LogP contribution in [-0.4, -0.2) is 35.6 Å². The van der Waals surface area contributed by atoms with Crippen molar-refractivity contribution >= 4 is 11.3 Å². The van der Waals surface area contributed by atoms with Crippen molar-refractivity contribution in [2.75, 3.05) is 19.6 Å². The number of nitrogens with one attached hydrogen (secondary N) is 1. The molecule has 2 heterocycles. The highest BCUT2D eigenvalue weighted by molar-refractivity contribution is 7.09. The molecule has 21 heavy (non-hydrogen) atoms. The zero-order valence-electron chi connectivity index (χ0n) is 14.1. The first kappa shape index (κ1) is 16.9. The monoisotopic (exact) mass is 309 g/mol. The van der Waals surface area contributed by atoms with Crippen LogP contribution >= 0.6 is 11.3 Å². The van der Waals surface area contributed by atoms with Gasteiger partial charge in [0, 0.05) is 23.4 Å². The number of thiazole rings is 1. The van der Waals surface area contributed by atoms with E-state index in [1.54, 1.807) is 11.3 Å². The predicted octanol–water partition coefficient (Wildman–Crippen LogP) is 3.79. The third kappa shape index (κ3) is 5.35. The molecule has 0 atom stereocenters. The molecule has 1 aromatic rings. The van der Waals surface area contributed by atoms with Gasteiger partial charge >= 0.3 is 0 Å². The lowest BCUT2D eigenvalue weighted by molar-refractivity contribution is 0.195. The second-order valence-electron chi connectivity index (χ2n) is 7.24. The first-order chi connectivity index (χ1) is 9.99. The molecule has 0 spiro atoms. The van der Waals surface area contributed by atoms with Crippen molar-refractivity contribution in [3.63, 3.8) is 0 Å². The van der Waals surface area contributed by atoms with Gasteiger partial charge in [0.05, 0.1) is 10.7 Å². The fourth-order valence-electron chi connectivity index (χ4n) is 2.72. The average molecular weight is 310 g/mol. The summed E-state index contributed by atoms with van der Waals surface area (Å²) in [6.45, 7) is 13.7. The third-order valence-corrected chi connectivity index (χ3v) is 5.50. The van der Waals surface area contributed by atoms with Crippen LogP contribution in [0.1, 0.15) is 64.1 Å². The summed E-state index contributed by atoms with van der Waals surface area (Å²) in [6.07, 6.45) is 5.20. The molecular weight excluding hydrogens is 278 g/mol. The van der Waals surface area contributed by atoms with Crippen molar-refractivity contribution in [1.82, 2.24) is 15.2 Å². The van der Waals surface area contributed by atoms with Crippen LogP contribution in [-0.2, 0) is 12.0 Å². The number of hydrogen-bond donors (Lipinski definition) is 1. The molecule has 1 N–H and O–H groups in total. The van der Waals surface area contributed by atoms with Gasteiger partial charge in [0.1, 0.15) is 0 Å². The number of nitrogens with zero attached hydrogens (tertiary/aromatic N) is 2. The molecule has 1 aromatic heterocycles. The molecule has 1 fully saturated rings. The molecule has 120 valence electrons. The summed E-state index contributed by atoms with van der Waals surface area (Å²) in [4.78, 5) is 7.38. The second-order valence-corrected chi connectivity index (χ2v) is 8.10. The molecular formula is C17H31N3S. The van der Waals surface area contributed by atoms with Gasteiger partial charge in [0.2, 0.25) is 0 Å². The standard InChI is InChI=1S/C17H31N3S/c1-5-6-9-20-10-7-14(8-11-20)18-12-15-13-21-16(19-15)17(2,3)4/h13-14,18H,5-12H2,1-4H3. The molecule has 1 aliphatic rings. The van der Waals surface area contributed by atoms with Gasteiger partial charge in [0.15, 0.2) is 0 Å². The van der Waals surface area contributed by atoms with Gasteiger partial charge in [0.25, 0.3) is 0 Å². The van der Waals surface area contributed by atoms with E-state index in [1.807, 2.05) is 0 Å². The lowest BCUT2D eigenvalue weighted by atomic mass is 9.98. The molecule has 3 nitrogen and oxygen atoms in total. The molecule has 1 saturated heterocycles. The van der Waals surface area contributed by atoms with Gasteiger partial charge in [-0.3, -0.25) is 0 Å². The minimum Gasteiger partial charge on any atom is -0.308 e. The first-order valence-corrected chi connectivity index (χ1v) is 9.27. The summed E-state index contributed by atoms with van der Waals surface area (Å²) < 4.78 is 0. The van der Waals surface area contributed by atoms with E-state index in [1.165, 1.54) is 56.0 Å². The van der Waals surface area contributed by atoms with Crippen LogP contribution in [0.2, 0.25) is 0 Å². The van der Waals surface area contributed by atoms with E-state index in [2.05, 4.69) is 43.3 Å².